The number of benzene rings is 1. The summed E-state index contributed by atoms with van der Waals surface area (Å²) in [7, 11) is 1.65. The molecule has 1 saturated carbocycles. The van der Waals surface area contributed by atoms with E-state index in [1.807, 2.05) is 6.07 Å². The summed E-state index contributed by atoms with van der Waals surface area (Å²) in [5.41, 5.74) is 0. The van der Waals surface area contributed by atoms with Crippen LogP contribution >= 0.6 is 11.6 Å². The fourth-order valence-corrected chi connectivity index (χ4v) is 2.07. The van der Waals surface area contributed by atoms with Gasteiger partial charge in [-0.2, -0.15) is 0 Å². The van der Waals surface area contributed by atoms with E-state index in [0.29, 0.717) is 36.0 Å². The van der Waals surface area contributed by atoms with Crippen molar-refractivity contribution >= 4 is 23.5 Å². The van der Waals surface area contributed by atoms with Crippen molar-refractivity contribution in [3.63, 3.8) is 0 Å². The van der Waals surface area contributed by atoms with Crippen LogP contribution in [0.3, 0.4) is 0 Å². The van der Waals surface area contributed by atoms with Crippen molar-refractivity contribution in [3.8, 4) is 5.75 Å². The first-order valence-electron chi connectivity index (χ1n) is 7.35. The number of aromatic nitrogens is 2. The lowest BCUT2D eigenvalue weighted by Crippen LogP contribution is -2.31. The topological polar surface area (TPSA) is 80.5 Å². The summed E-state index contributed by atoms with van der Waals surface area (Å²) >= 11 is 5.88. The highest BCUT2D eigenvalue weighted by Gasteiger charge is 2.25. The van der Waals surface area contributed by atoms with Crippen LogP contribution in [0.2, 0.25) is 5.02 Å². The quantitative estimate of drug-likeness (QED) is 0.836. The molecule has 0 radical (unpaired) electrons. The Balaban J connectivity index is 1.47. The number of nitrogens with zero attached hydrogens (tertiary/aromatic N) is 3. The lowest BCUT2D eigenvalue weighted by Gasteiger charge is -2.15. The van der Waals surface area contributed by atoms with Crippen molar-refractivity contribution in [2.75, 3.05) is 25.5 Å². The highest BCUT2D eigenvalue weighted by Crippen LogP contribution is 2.23. The first-order chi connectivity index (χ1) is 11.1. The minimum Gasteiger partial charge on any atom is -0.492 e. The van der Waals surface area contributed by atoms with E-state index in [1.54, 1.807) is 25.2 Å². The van der Waals surface area contributed by atoms with Gasteiger partial charge in [-0.05, 0) is 31.0 Å². The van der Waals surface area contributed by atoms with Gasteiger partial charge in [0.1, 0.15) is 12.4 Å². The molecule has 1 aromatic heterocycles. The zero-order valence-electron chi connectivity index (χ0n) is 12.7. The molecule has 0 spiro atoms. The van der Waals surface area contributed by atoms with Crippen LogP contribution in [0.4, 0.5) is 6.01 Å². The van der Waals surface area contributed by atoms with E-state index in [0.717, 1.165) is 12.8 Å². The number of hydrogen-bond acceptors (Lipinski definition) is 6. The lowest BCUT2D eigenvalue weighted by atomic mass is 10.3. The van der Waals surface area contributed by atoms with E-state index >= 15 is 0 Å². The maximum Gasteiger partial charge on any atom is 0.316 e. The fraction of sp³-hybridized carbons (Fsp3) is 0.400. The van der Waals surface area contributed by atoms with Crippen molar-refractivity contribution in [2.45, 2.75) is 18.9 Å². The van der Waals surface area contributed by atoms with Crippen LogP contribution in [0, 0.1) is 0 Å². The summed E-state index contributed by atoms with van der Waals surface area (Å²) in [6.45, 7) is 0.725. The van der Waals surface area contributed by atoms with Crippen LogP contribution in [-0.2, 0) is 0 Å². The Morgan fingerprint density at radius 3 is 3.04 bits per heavy atom. The molecule has 7 nitrogen and oxygen atoms in total. The summed E-state index contributed by atoms with van der Waals surface area (Å²) in [4.78, 5) is 13.7. The summed E-state index contributed by atoms with van der Waals surface area (Å²) in [5, 5.41) is 11.2. The molecule has 0 saturated heterocycles. The summed E-state index contributed by atoms with van der Waals surface area (Å²) in [6, 6.07) is 7.78. The molecule has 1 heterocycles. The number of carbonyl (C=O) groups is 1. The van der Waals surface area contributed by atoms with Crippen molar-refractivity contribution in [2.24, 2.45) is 0 Å². The molecule has 23 heavy (non-hydrogen) atoms. The second kappa shape index (κ2) is 6.87. The third kappa shape index (κ3) is 4.35. The molecular formula is C15H17ClN4O3. The number of amides is 1. The van der Waals surface area contributed by atoms with E-state index in [2.05, 4.69) is 15.5 Å². The minimum absolute atomic E-state index is 0.0293. The number of halogens is 1. The molecule has 1 aliphatic carbocycles. The van der Waals surface area contributed by atoms with Gasteiger partial charge in [0, 0.05) is 18.1 Å². The molecule has 0 bridgehead atoms. The van der Waals surface area contributed by atoms with Crippen LogP contribution in [0.1, 0.15) is 23.5 Å². The largest absolute Gasteiger partial charge is 0.492 e. The molecule has 1 fully saturated rings. The van der Waals surface area contributed by atoms with Crippen molar-refractivity contribution in [1.82, 2.24) is 15.1 Å². The molecule has 0 unspecified atom stereocenters. The first-order valence-corrected chi connectivity index (χ1v) is 7.73. The number of anilines is 1. The summed E-state index contributed by atoms with van der Waals surface area (Å²) in [6.07, 6.45) is 2.18. The SMILES string of the molecule is CN(CCOc1cccc(Cl)c1)C(=O)c1nnc(NC2CC2)o1. The number of hydrogen-bond donors (Lipinski definition) is 1. The average Bonchev–Trinajstić information content (AvgIpc) is 3.22. The van der Waals surface area contributed by atoms with Gasteiger partial charge in [0.15, 0.2) is 0 Å². The van der Waals surface area contributed by atoms with Crippen LogP contribution in [-0.4, -0.2) is 47.2 Å². The number of nitrogens with one attached hydrogen (secondary N) is 1. The third-order valence-electron chi connectivity index (χ3n) is 3.35. The van der Waals surface area contributed by atoms with Crippen LogP contribution in [0.25, 0.3) is 0 Å². The number of likely N-dealkylation sites (N-methyl/N-ethyl adjacent to an activating group) is 1. The molecule has 1 amide bonds. The predicted octanol–water partition coefficient (Wildman–Crippen LogP) is 2.45. The Kier molecular flexibility index (Phi) is 4.66. The van der Waals surface area contributed by atoms with E-state index in [-0.39, 0.29) is 11.8 Å². The van der Waals surface area contributed by atoms with Gasteiger partial charge in [0.05, 0.1) is 6.54 Å². The maximum absolute atomic E-state index is 12.2. The third-order valence-corrected chi connectivity index (χ3v) is 3.59. The Bertz CT molecular complexity index is 687. The molecule has 122 valence electrons. The van der Waals surface area contributed by atoms with Crippen molar-refractivity contribution < 1.29 is 13.9 Å². The highest BCUT2D eigenvalue weighted by atomic mass is 35.5. The van der Waals surface area contributed by atoms with Gasteiger partial charge in [0.25, 0.3) is 0 Å². The van der Waals surface area contributed by atoms with Crippen LogP contribution < -0.4 is 10.1 Å². The van der Waals surface area contributed by atoms with E-state index in [4.69, 9.17) is 20.8 Å². The molecular weight excluding hydrogens is 320 g/mol. The normalized spacial score (nSPS) is 13.7. The highest BCUT2D eigenvalue weighted by molar-refractivity contribution is 6.30. The fourth-order valence-electron chi connectivity index (χ4n) is 1.89. The second-order valence-electron chi connectivity index (χ2n) is 5.36. The number of rotatable bonds is 7. The van der Waals surface area contributed by atoms with Gasteiger partial charge in [-0.1, -0.05) is 22.8 Å². The van der Waals surface area contributed by atoms with Crippen LogP contribution in [0.15, 0.2) is 28.7 Å². The molecule has 1 N–H and O–H groups in total. The molecule has 0 atom stereocenters. The molecule has 1 aliphatic rings. The predicted molar refractivity (Wildman–Crippen MR) is 84.9 cm³/mol. The number of ether oxygens (including phenoxy) is 1. The Labute approximate surface area is 138 Å². The standard InChI is InChI=1S/C15H17ClN4O3/c1-20(7-8-22-12-4-2-3-10(16)9-12)14(21)13-18-19-15(23-13)17-11-5-6-11/h2-4,9,11H,5-8H2,1H3,(H,17,19). The molecule has 1 aromatic carbocycles. The zero-order valence-corrected chi connectivity index (χ0v) is 13.4. The summed E-state index contributed by atoms with van der Waals surface area (Å²) < 4.78 is 10.9. The molecule has 8 heteroatoms. The molecule has 0 aliphatic heterocycles. The molecule has 3 rings (SSSR count). The van der Waals surface area contributed by atoms with Gasteiger partial charge < -0.3 is 19.4 Å². The van der Waals surface area contributed by atoms with E-state index < -0.39 is 0 Å². The van der Waals surface area contributed by atoms with Gasteiger partial charge in [-0.15, -0.1) is 5.10 Å². The van der Waals surface area contributed by atoms with Crippen LogP contribution in [0.5, 0.6) is 5.75 Å². The van der Waals surface area contributed by atoms with Gasteiger partial charge in [-0.3, -0.25) is 4.79 Å². The smallest absolute Gasteiger partial charge is 0.316 e. The van der Waals surface area contributed by atoms with Crippen molar-refractivity contribution in [1.29, 1.82) is 0 Å². The lowest BCUT2D eigenvalue weighted by molar-refractivity contribution is 0.0735. The van der Waals surface area contributed by atoms with Gasteiger partial charge >= 0.3 is 17.8 Å². The Morgan fingerprint density at radius 2 is 2.30 bits per heavy atom. The average molecular weight is 337 g/mol. The minimum atomic E-state index is -0.337. The second-order valence-corrected chi connectivity index (χ2v) is 5.80. The first kappa shape index (κ1) is 15.6. The Hall–Kier alpha value is -2.28. The van der Waals surface area contributed by atoms with E-state index in [9.17, 15) is 4.79 Å². The monoisotopic (exact) mass is 336 g/mol. The summed E-state index contributed by atoms with van der Waals surface area (Å²) in [5.74, 6) is 0.293. The zero-order chi connectivity index (χ0) is 16.2. The maximum atomic E-state index is 12.2. The molecule has 2 aromatic rings. The Morgan fingerprint density at radius 1 is 1.48 bits per heavy atom. The number of carbonyl (C=O) groups excluding carboxylic acids is 1. The van der Waals surface area contributed by atoms with Gasteiger partial charge in [-0.25, -0.2) is 0 Å². The van der Waals surface area contributed by atoms with E-state index in [1.165, 1.54) is 4.90 Å². The van der Waals surface area contributed by atoms with Gasteiger partial charge in [0.2, 0.25) is 0 Å². The van der Waals surface area contributed by atoms with Crippen molar-refractivity contribution in [3.05, 3.63) is 35.2 Å².